The van der Waals surface area contributed by atoms with Gasteiger partial charge in [0, 0.05) is 13.1 Å². The summed E-state index contributed by atoms with van der Waals surface area (Å²) < 4.78 is 15.7. The summed E-state index contributed by atoms with van der Waals surface area (Å²) >= 11 is 0. The lowest BCUT2D eigenvalue weighted by Gasteiger charge is -2.22. The average Bonchev–Trinajstić information content (AvgIpc) is 3.43. The summed E-state index contributed by atoms with van der Waals surface area (Å²) in [7, 11) is 0. The van der Waals surface area contributed by atoms with Crippen molar-refractivity contribution in [2.75, 3.05) is 13.3 Å². The zero-order chi connectivity index (χ0) is 20.1. The second-order valence-electron chi connectivity index (χ2n) is 6.62. The zero-order valence-corrected chi connectivity index (χ0v) is 15.7. The lowest BCUT2D eigenvalue weighted by molar-refractivity contribution is -0.122. The minimum absolute atomic E-state index is 0.0660. The van der Waals surface area contributed by atoms with Crippen LogP contribution in [0.5, 0.6) is 11.5 Å². The third-order valence-corrected chi connectivity index (χ3v) is 4.53. The number of amides is 2. The molecule has 1 aliphatic heterocycles. The van der Waals surface area contributed by atoms with Crippen LogP contribution >= 0.6 is 0 Å². The fourth-order valence-corrected chi connectivity index (χ4v) is 3.05. The Morgan fingerprint density at radius 3 is 2.59 bits per heavy atom. The molecule has 0 aliphatic carbocycles. The maximum absolute atomic E-state index is 12.8. The lowest BCUT2D eigenvalue weighted by atomic mass is 10.2. The summed E-state index contributed by atoms with van der Waals surface area (Å²) in [6.07, 6.45) is 2.82. The smallest absolute Gasteiger partial charge is 0.257 e. The predicted molar refractivity (Wildman–Crippen MR) is 104 cm³/mol. The molecule has 0 atom stereocenters. The molecule has 4 rings (SSSR count). The van der Waals surface area contributed by atoms with E-state index in [4.69, 9.17) is 13.9 Å². The number of nitrogens with zero attached hydrogens (tertiary/aromatic N) is 1. The molecule has 2 amide bonds. The molecule has 1 aliphatic rings. The van der Waals surface area contributed by atoms with Crippen molar-refractivity contribution in [3.8, 4) is 11.5 Å². The first-order valence-corrected chi connectivity index (χ1v) is 9.19. The molecular formula is C22H20N2O5. The lowest BCUT2D eigenvalue weighted by Crippen LogP contribution is -2.40. The maximum atomic E-state index is 12.8. The van der Waals surface area contributed by atoms with E-state index in [-0.39, 0.29) is 25.2 Å². The molecule has 148 valence electrons. The van der Waals surface area contributed by atoms with Crippen molar-refractivity contribution >= 4 is 11.8 Å². The second-order valence-corrected chi connectivity index (χ2v) is 6.62. The Morgan fingerprint density at radius 2 is 1.79 bits per heavy atom. The van der Waals surface area contributed by atoms with Crippen molar-refractivity contribution in [3.05, 3.63) is 83.8 Å². The Morgan fingerprint density at radius 1 is 0.966 bits per heavy atom. The number of carbonyl (C=O) groups is 2. The molecule has 1 N–H and O–H groups in total. The number of hydrogen-bond donors (Lipinski definition) is 1. The quantitative estimate of drug-likeness (QED) is 0.669. The largest absolute Gasteiger partial charge is 0.472 e. The van der Waals surface area contributed by atoms with E-state index in [2.05, 4.69) is 5.32 Å². The van der Waals surface area contributed by atoms with E-state index in [9.17, 15) is 9.59 Å². The van der Waals surface area contributed by atoms with E-state index in [0.717, 1.165) is 11.1 Å². The van der Waals surface area contributed by atoms with Crippen LogP contribution < -0.4 is 14.8 Å². The van der Waals surface area contributed by atoms with Crippen LogP contribution in [0.4, 0.5) is 0 Å². The topological polar surface area (TPSA) is 81.0 Å². The van der Waals surface area contributed by atoms with E-state index in [1.165, 1.54) is 17.4 Å². The van der Waals surface area contributed by atoms with Gasteiger partial charge in [0.1, 0.15) is 12.8 Å². The normalized spacial score (nSPS) is 11.9. The van der Waals surface area contributed by atoms with Crippen molar-refractivity contribution in [1.29, 1.82) is 0 Å². The minimum atomic E-state index is -0.263. The number of benzene rings is 2. The fourth-order valence-electron chi connectivity index (χ4n) is 3.05. The highest BCUT2D eigenvalue weighted by atomic mass is 16.7. The molecule has 1 aromatic heterocycles. The SMILES string of the molecule is O=C(CN(Cc1ccccc1)C(=O)c1ccoc1)NCc1ccc2c(c1)OCO2. The van der Waals surface area contributed by atoms with Crippen molar-refractivity contribution < 1.29 is 23.5 Å². The standard InChI is InChI=1S/C22H20N2O5/c25-21(23-11-17-6-7-19-20(10-17)29-15-28-19)13-24(12-16-4-2-1-3-5-16)22(26)18-8-9-27-14-18/h1-10,14H,11-13,15H2,(H,23,25). The van der Waals surface area contributed by atoms with Gasteiger partial charge in [-0.2, -0.15) is 0 Å². The van der Waals surface area contributed by atoms with Gasteiger partial charge in [-0.25, -0.2) is 0 Å². The summed E-state index contributed by atoms with van der Waals surface area (Å²) in [5, 5.41) is 2.85. The molecule has 0 saturated heterocycles. The third-order valence-electron chi connectivity index (χ3n) is 4.53. The Balaban J connectivity index is 1.40. The summed E-state index contributed by atoms with van der Waals surface area (Å²) in [5.41, 5.74) is 2.23. The molecule has 0 spiro atoms. The van der Waals surface area contributed by atoms with Crippen LogP contribution in [0.15, 0.2) is 71.5 Å². The molecule has 2 heterocycles. The number of furan rings is 1. The van der Waals surface area contributed by atoms with E-state index in [0.29, 0.717) is 30.2 Å². The first-order valence-electron chi connectivity index (χ1n) is 9.19. The fraction of sp³-hybridized carbons (Fsp3) is 0.182. The summed E-state index contributed by atoms with van der Waals surface area (Å²) in [6, 6.07) is 16.6. The van der Waals surface area contributed by atoms with E-state index < -0.39 is 0 Å². The molecule has 3 aromatic rings. The second kappa shape index (κ2) is 8.52. The number of nitrogens with one attached hydrogen (secondary N) is 1. The molecule has 2 aromatic carbocycles. The number of hydrogen-bond acceptors (Lipinski definition) is 5. The van der Waals surface area contributed by atoms with Crippen LogP contribution in [0.2, 0.25) is 0 Å². The van der Waals surface area contributed by atoms with Crippen molar-refractivity contribution in [2.24, 2.45) is 0 Å². The summed E-state index contributed by atoms with van der Waals surface area (Å²) in [6.45, 7) is 0.788. The Hall–Kier alpha value is -3.74. The summed E-state index contributed by atoms with van der Waals surface area (Å²) in [4.78, 5) is 26.8. The first kappa shape index (κ1) is 18.6. The molecule has 0 radical (unpaired) electrons. The van der Waals surface area contributed by atoms with Gasteiger partial charge in [-0.15, -0.1) is 0 Å². The van der Waals surface area contributed by atoms with Gasteiger partial charge in [-0.3, -0.25) is 9.59 Å². The number of carbonyl (C=O) groups excluding carboxylic acids is 2. The monoisotopic (exact) mass is 392 g/mol. The average molecular weight is 392 g/mol. The van der Waals surface area contributed by atoms with Gasteiger partial charge in [-0.1, -0.05) is 36.4 Å². The number of fused-ring (bicyclic) bond motifs is 1. The number of rotatable bonds is 7. The maximum Gasteiger partial charge on any atom is 0.257 e. The first-order chi connectivity index (χ1) is 14.2. The van der Waals surface area contributed by atoms with Gasteiger partial charge < -0.3 is 24.1 Å². The van der Waals surface area contributed by atoms with E-state index >= 15 is 0 Å². The van der Waals surface area contributed by atoms with Crippen molar-refractivity contribution in [1.82, 2.24) is 10.2 Å². The van der Waals surface area contributed by atoms with Gasteiger partial charge >= 0.3 is 0 Å². The highest BCUT2D eigenvalue weighted by molar-refractivity contribution is 5.96. The minimum Gasteiger partial charge on any atom is -0.472 e. The highest BCUT2D eigenvalue weighted by Gasteiger charge is 2.20. The third kappa shape index (κ3) is 4.57. The van der Waals surface area contributed by atoms with E-state index in [1.807, 2.05) is 48.5 Å². The Labute approximate surface area is 167 Å². The van der Waals surface area contributed by atoms with Crippen LogP contribution in [0.25, 0.3) is 0 Å². The van der Waals surface area contributed by atoms with E-state index in [1.54, 1.807) is 6.07 Å². The van der Waals surface area contributed by atoms with Gasteiger partial charge in [0.25, 0.3) is 5.91 Å². The van der Waals surface area contributed by atoms with Gasteiger partial charge in [0.15, 0.2) is 11.5 Å². The van der Waals surface area contributed by atoms with Gasteiger partial charge in [0.05, 0.1) is 11.8 Å². The van der Waals surface area contributed by atoms with Crippen molar-refractivity contribution in [3.63, 3.8) is 0 Å². The molecule has 0 bridgehead atoms. The van der Waals surface area contributed by atoms with Gasteiger partial charge in [0.2, 0.25) is 12.7 Å². The molecule has 0 fully saturated rings. The zero-order valence-electron chi connectivity index (χ0n) is 15.7. The van der Waals surface area contributed by atoms with Crippen LogP contribution in [0.1, 0.15) is 21.5 Å². The molecule has 0 unspecified atom stereocenters. The highest BCUT2D eigenvalue weighted by Crippen LogP contribution is 2.32. The van der Waals surface area contributed by atoms with Crippen LogP contribution in [-0.4, -0.2) is 30.1 Å². The Bertz CT molecular complexity index is 986. The number of ether oxygens (including phenoxy) is 2. The van der Waals surface area contributed by atoms with Gasteiger partial charge in [-0.05, 0) is 29.3 Å². The Kier molecular flexibility index (Phi) is 5.47. The van der Waals surface area contributed by atoms with Crippen LogP contribution in [-0.2, 0) is 17.9 Å². The predicted octanol–water partition coefficient (Wildman–Crippen LogP) is 2.97. The van der Waals surface area contributed by atoms with Crippen molar-refractivity contribution in [2.45, 2.75) is 13.1 Å². The molecule has 7 heteroatoms. The van der Waals surface area contributed by atoms with Crippen LogP contribution in [0.3, 0.4) is 0 Å². The molecule has 29 heavy (non-hydrogen) atoms. The molecular weight excluding hydrogens is 372 g/mol. The summed E-state index contributed by atoms with van der Waals surface area (Å²) in [5.74, 6) is 0.841. The molecule has 7 nitrogen and oxygen atoms in total. The van der Waals surface area contributed by atoms with Crippen LogP contribution in [0, 0.1) is 0 Å². The molecule has 0 saturated carbocycles.